The fourth-order valence-corrected chi connectivity index (χ4v) is 5.10. The molecule has 1 heterocycles. The molecule has 14 nitrogen and oxygen atoms in total. The highest BCUT2D eigenvalue weighted by Gasteiger charge is 2.37. The zero-order valence-electron chi connectivity index (χ0n) is 25.1. The maximum atomic E-state index is 13.4. The number of nitrogens with two attached hydrogens (primary N) is 3. The summed E-state index contributed by atoms with van der Waals surface area (Å²) >= 11 is 0. The molecular weight excluding hydrogens is 580 g/mol. The van der Waals surface area contributed by atoms with Gasteiger partial charge in [-0.3, -0.25) is 24.2 Å². The summed E-state index contributed by atoms with van der Waals surface area (Å²) in [4.78, 5) is 69.4. The number of carbonyl (C=O) groups is 5. The number of hydrogen-bond donors (Lipinski definition) is 7. The van der Waals surface area contributed by atoms with Gasteiger partial charge in [-0.2, -0.15) is 0 Å². The summed E-state index contributed by atoms with van der Waals surface area (Å²) in [5.74, 6) is -3.58. The van der Waals surface area contributed by atoms with Crippen molar-refractivity contribution in [2.75, 3.05) is 19.6 Å². The van der Waals surface area contributed by atoms with Crippen molar-refractivity contribution in [3.8, 4) is 0 Å². The van der Waals surface area contributed by atoms with E-state index >= 15 is 0 Å². The third kappa shape index (κ3) is 11.2. The van der Waals surface area contributed by atoms with E-state index in [9.17, 15) is 29.1 Å². The molecule has 0 bridgehead atoms. The van der Waals surface area contributed by atoms with Crippen molar-refractivity contribution >= 4 is 35.6 Å². The number of nitrogens with one attached hydrogen (secondary N) is 3. The molecule has 3 rings (SSSR count). The molecule has 242 valence electrons. The Balaban J connectivity index is 1.61. The lowest BCUT2D eigenvalue weighted by molar-refractivity contribution is -0.141. The van der Waals surface area contributed by atoms with E-state index in [4.69, 9.17) is 17.2 Å². The first-order valence-electron chi connectivity index (χ1n) is 14.8. The molecule has 1 aliphatic heterocycles. The van der Waals surface area contributed by atoms with E-state index in [1.165, 1.54) is 4.90 Å². The maximum absolute atomic E-state index is 13.4. The molecule has 2 aromatic rings. The summed E-state index contributed by atoms with van der Waals surface area (Å²) in [6.45, 7) is 0.0410. The third-order valence-electron chi connectivity index (χ3n) is 7.37. The van der Waals surface area contributed by atoms with E-state index in [1.54, 1.807) is 30.3 Å². The first-order valence-corrected chi connectivity index (χ1v) is 14.8. The van der Waals surface area contributed by atoms with Crippen LogP contribution in [0.3, 0.4) is 0 Å². The first-order chi connectivity index (χ1) is 21.5. The van der Waals surface area contributed by atoms with Crippen molar-refractivity contribution in [2.24, 2.45) is 22.2 Å². The van der Waals surface area contributed by atoms with Crippen LogP contribution in [-0.4, -0.2) is 89.4 Å². The second kappa shape index (κ2) is 17.3. The number of carbonyl (C=O) groups excluding carboxylic acids is 4. The average molecular weight is 623 g/mol. The molecule has 0 aromatic heterocycles. The SMILES string of the molecule is NC(N)=NCCC[C@H](NC(=O)[C@@H]1CCCN1C(=O)[C@H](N)Cc1ccccc1)C(=O)NCC(=O)N[C@@H](Cc1ccccc1)C(=O)O. The topological polar surface area (TPSA) is 235 Å². The Morgan fingerprint density at radius 3 is 2.13 bits per heavy atom. The molecule has 4 amide bonds. The molecule has 1 aliphatic rings. The Morgan fingerprint density at radius 2 is 1.53 bits per heavy atom. The Kier molecular flexibility index (Phi) is 13.3. The van der Waals surface area contributed by atoms with Gasteiger partial charge in [0.25, 0.3) is 0 Å². The molecule has 0 spiro atoms. The molecule has 10 N–H and O–H groups in total. The molecule has 4 atom stereocenters. The Hall–Kier alpha value is -4.98. The van der Waals surface area contributed by atoms with Crippen LogP contribution in [0.25, 0.3) is 0 Å². The lowest BCUT2D eigenvalue weighted by Gasteiger charge is -2.28. The summed E-state index contributed by atoms with van der Waals surface area (Å²) in [7, 11) is 0. The minimum atomic E-state index is -1.22. The number of carboxylic acids is 1. The normalized spacial score (nSPS) is 16.1. The van der Waals surface area contributed by atoms with Crippen LogP contribution < -0.4 is 33.2 Å². The highest BCUT2D eigenvalue weighted by atomic mass is 16.4. The summed E-state index contributed by atoms with van der Waals surface area (Å²) < 4.78 is 0. The first kappa shape index (κ1) is 34.5. The van der Waals surface area contributed by atoms with Gasteiger partial charge < -0.3 is 43.2 Å². The van der Waals surface area contributed by atoms with Crippen LogP contribution in [0.1, 0.15) is 36.8 Å². The van der Waals surface area contributed by atoms with E-state index in [1.807, 2.05) is 30.3 Å². The summed E-state index contributed by atoms with van der Waals surface area (Å²) in [6.07, 6.45) is 1.84. The number of likely N-dealkylation sites (tertiary alicyclic amines) is 1. The van der Waals surface area contributed by atoms with Gasteiger partial charge in [0.1, 0.15) is 18.1 Å². The molecule has 0 unspecified atom stereocenters. The van der Waals surface area contributed by atoms with Gasteiger partial charge >= 0.3 is 5.97 Å². The van der Waals surface area contributed by atoms with Gasteiger partial charge in [0.15, 0.2) is 5.96 Å². The third-order valence-corrected chi connectivity index (χ3v) is 7.37. The van der Waals surface area contributed by atoms with Crippen molar-refractivity contribution in [1.82, 2.24) is 20.9 Å². The van der Waals surface area contributed by atoms with Crippen LogP contribution in [0.5, 0.6) is 0 Å². The minimum absolute atomic E-state index is 0.0605. The van der Waals surface area contributed by atoms with Crippen LogP contribution in [0.4, 0.5) is 0 Å². The summed E-state index contributed by atoms with van der Waals surface area (Å²) in [6, 6.07) is 14.2. The predicted octanol–water partition coefficient (Wildman–Crippen LogP) is -0.986. The monoisotopic (exact) mass is 622 g/mol. The second-order valence-electron chi connectivity index (χ2n) is 10.9. The fraction of sp³-hybridized carbons (Fsp3) is 0.419. The van der Waals surface area contributed by atoms with Crippen LogP contribution in [0, 0.1) is 0 Å². The smallest absolute Gasteiger partial charge is 0.326 e. The van der Waals surface area contributed by atoms with Gasteiger partial charge in [-0.05, 0) is 43.2 Å². The highest BCUT2D eigenvalue weighted by molar-refractivity contribution is 5.94. The average Bonchev–Trinajstić information content (AvgIpc) is 3.51. The molecule has 2 aromatic carbocycles. The van der Waals surface area contributed by atoms with Crippen LogP contribution in [-0.2, 0) is 36.8 Å². The molecule has 1 fully saturated rings. The van der Waals surface area contributed by atoms with Gasteiger partial charge in [-0.25, -0.2) is 4.79 Å². The van der Waals surface area contributed by atoms with E-state index < -0.39 is 54.4 Å². The van der Waals surface area contributed by atoms with E-state index in [-0.39, 0.29) is 31.3 Å². The Labute approximate surface area is 261 Å². The van der Waals surface area contributed by atoms with Gasteiger partial charge in [0.05, 0.1) is 12.6 Å². The predicted molar refractivity (Wildman–Crippen MR) is 167 cm³/mol. The largest absolute Gasteiger partial charge is 0.480 e. The quantitative estimate of drug-likeness (QED) is 0.0691. The number of nitrogens with zero attached hydrogens (tertiary/aromatic N) is 2. The minimum Gasteiger partial charge on any atom is -0.480 e. The van der Waals surface area contributed by atoms with Crippen molar-refractivity contribution in [2.45, 2.75) is 62.7 Å². The zero-order chi connectivity index (χ0) is 32.8. The second-order valence-corrected chi connectivity index (χ2v) is 10.9. The molecule has 1 saturated heterocycles. The Bertz CT molecular complexity index is 1340. The van der Waals surface area contributed by atoms with Crippen molar-refractivity contribution in [3.63, 3.8) is 0 Å². The van der Waals surface area contributed by atoms with E-state index in [2.05, 4.69) is 20.9 Å². The van der Waals surface area contributed by atoms with Crippen LogP contribution >= 0.6 is 0 Å². The van der Waals surface area contributed by atoms with Gasteiger partial charge in [0, 0.05) is 19.5 Å². The van der Waals surface area contributed by atoms with Gasteiger partial charge in [-0.15, -0.1) is 0 Å². The number of hydrogen-bond acceptors (Lipinski definition) is 7. The molecular formula is C31H42N8O6. The summed E-state index contributed by atoms with van der Waals surface area (Å²) in [5, 5.41) is 17.2. The molecule has 0 radical (unpaired) electrons. The lowest BCUT2D eigenvalue weighted by Crippen LogP contribution is -2.56. The van der Waals surface area contributed by atoms with Crippen molar-refractivity contribution in [3.05, 3.63) is 71.8 Å². The van der Waals surface area contributed by atoms with Gasteiger partial charge in [-0.1, -0.05) is 60.7 Å². The van der Waals surface area contributed by atoms with Crippen LogP contribution in [0.15, 0.2) is 65.7 Å². The summed E-state index contributed by atoms with van der Waals surface area (Å²) in [5.41, 5.74) is 18.6. The molecule has 45 heavy (non-hydrogen) atoms. The molecule has 0 saturated carbocycles. The van der Waals surface area contributed by atoms with Gasteiger partial charge in [0.2, 0.25) is 23.6 Å². The number of guanidine groups is 1. The van der Waals surface area contributed by atoms with Crippen molar-refractivity contribution < 1.29 is 29.1 Å². The highest BCUT2D eigenvalue weighted by Crippen LogP contribution is 2.20. The number of rotatable bonds is 16. The van der Waals surface area contributed by atoms with E-state index in [0.29, 0.717) is 32.2 Å². The number of carboxylic acid groups (broad SMARTS) is 1. The van der Waals surface area contributed by atoms with Crippen LogP contribution in [0.2, 0.25) is 0 Å². The lowest BCUT2D eigenvalue weighted by atomic mass is 10.0. The molecule has 0 aliphatic carbocycles. The number of aliphatic carboxylic acids is 1. The standard InChI is InChI=1S/C31H42N8O6/c32-22(17-20-9-3-1-4-10-20)29(43)39-16-8-14-25(39)28(42)38-23(13-7-15-35-31(33)34)27(41)36-19-26(40)37-24(30(44)45)18-21-11-5-2-6-12-21/h1-6,9-12,22-25H,7-8,13-19,32H2,(H,36,41)(H,37,40)(H,38,42)(H,44,45)(H4,33,34,35)/t22-,23+,24+,25+/m1/s1. The number of amides is 4. The zero-order valence-corrected chi connectivity index (χ0v) is 25.1. The maximum Gasteiger partial charge on any atom is 0.326 e. The van der Waals surface area contributed by atoms with E-state index in [0.717, 1.165) is 11.1 Å². The van der Waals surface area contributed by atoms with Crippen molar-refractivity contribution in [1.29, 1.82) is 0 Å². The number of benzene rings is 2. The Morgan fingerprint density at radius 1 is 0.911 bits per heavy atom. The fourth-order valence-electron chi connectivity index (χ4n) is 5.10. The number of aliphatic imine (C=N–C) groups is 1. The molecule has 14 heteroatoms.